The van der Waals surface area contributed by atoms with E-state index >= 15 is 0 Å². The van der Waals surface area contributed by atoms with Crippen LogP contribution in [0.5, 0.6) is 0 Å². The molecule has 2 aromatic rings. The number of fused-ring (bicyclic) bond motifs is 1. The molecule has 1 aromatic heterocycles. The molecule has 0 unspecified atom stereocenters. The quantitative estimate of drug-likeness (QED) is 0.899. The molecule has 5 nitrogen and oxygen atoms in total. The van der Waals surface area contributed by atoms with Gasteiger partial charge in [0.05, 0.1) is 16.6 Å². The average molecular weight is 359 g/mol. The topological polar surface area (TPSA) is 64.0 Å². The van der Waals surface area contributed by atoms with Crippen molar-refractivity contribution in [3.8, 4) is 11.3 Å². The van der Waals surface area contributed by atoms with Gasteiger partial charge in [-0.05, 0) is 31.7 Å². The van der Waals surface area contributed by atoms with Crippen LogP contribution in [0.2, 0.25) is 0 Å². The van der Waals surface area contributed by atoms with Gasteiger partial charge in [-0.15, -0.1) is 0 Å². The van der Waals surface area contributed by atoms with Crippen molar-refractivity contribution in [2.45, 2.75) is 63.2 Å². The van der Waals surface area contributed by atoms with Crippen molar-refractivity contribution in [1.29, 1.82) is 0 Å². The summed E-state index contributed by atoms with van der Waals surface area (Å²) in [6, 6.07) is 7.60. The van der Waals surface area contributed by atoms with Gasteiger partial charge in [-0.3, -0.25) is 4.72 Å². The van der Waals surface area contributed by atoms with Crippen LogP contribution in [0.4, 0.5) is 5.69 Å². The van der Waals surface area contributed by atoms with Gasteiger partial charge in [0, 0.05) is 24.7 Å². The molecule has 0 bridgehead atoms. The zero-order chi connectivity index (χ0) is 17.3. The summed E-state index contributed by atoms with van der Waals surface area (Å²) in [5.41, 5.74) is 2.37. The van der Waals surface area contributed by atoms with E-state index in [1.807, 2.05) is 24.3 Å². The third-order valence-corrected chi connectivity index (χ3v) is 7.21. The van der Waals surface area contributed by atoms with Gasteiger partial charge >= 0.3 is 0 Å². The Hall–Kier alpha value is -1.82. The molecule has 1 saturated carbocycles. The number of benzene rings is 1. The smallest absolute Gasteiger partial charge is 0.235 e. The second kappa shape index (κ2) is 6.83. The van der Waals surface area contributed by atoms with E-state index in [2.05, 4.69) is 15.5 Å². The summed E-state index contributed by atoms with van der Waals surface area (Å²) in [6.07, 6.45) is 10.1. The first-order valence-electron chi connectivity index (χ1n) is 9.30. The standard InChI is InChI=1S/C19H25N3O2S/c23-25(24,15-8-2-1-3-9-15)21-17-11-5-4-10-16(17)18-14-22-13-7-6-12-19(22)20-18/h4-5,10-11,14-15,21H,1-3,6-9,12-13H2. The minimum Gasteiger partial charge on any atom is -0.334 e. The average Bonchev–Trinajstić information content (AvgIpc) is 3.06. The molecule has 1 aliphatic heterocycles. The first kappa shape index (κ1) is 16.6. The van der Waals surface area contributed by atoms with Crippen molar-refractivity contribution in [2.24, 2.45) is 0 Å². The fourth-order valence-corrected chi connectivity index (χ4v) is 5.56. The highest BCUT2D eigenvalue weighted by Gasteiger charge is 2.28. The first-order chi connectivity index (χ1) is 12.1. The number of aryl methyl sites for hydroxylation is 2. The fourth-order valence-electron chi connectivity index (χ4n) is 3.95. The third-order valence-electron chi connectivity index (χ3n) is 5.35. The highest BCUT2D eigenvalue weighted by molar-refractivity contribution is 7.93. The van der Waals surface area contributed by atoms with Crippen LogP contribution in [0.25, 0.3) is 11.3 Å². The van der Waals surface area contributed by atoms with Crippen LogP contribution in [0.3, 0.4) is 0 Å². The summed E-state index contributed by atoms with van der Waals surface area (Å²) in [5, 5.41) is -0.274. The Labute approximate surface area is 149 Å². The highest BCUT2D eigenvalue weighted by Crippen LogP contribution is 2.31. The van der Waals surface area contributed by atoms with E-state index in [0.717, 1.165) is 62.2 Å². The number of para-hydroxylation sites is 1. The summed E-state index contributed by atoms with van der Waals surface area (Å²) < 4.78 is 30.7. The monoisotopic (exact) mass is 359 g/mol. The molecule has 134 valence electrons. The van der Waals surface area contributed by atoms with E-state index in [1.54, 1.807) is 0 Å². The van der Waals surface area contributed by atoms with Crippen molar-refractivity contribution < 1.29 is 8.42 Å². The Bertz CT molecular complexity index is 828. The van der Waals surface area contributed by atoms with Gasteiger partial charge in [0.2, 0.25) is 10.0 Å². The van der Waals surface area contributed by atoms with Crippen LogP contribution >= 0.6 is 0 Å². The molecule has 0 radical (unpaired) electrons. The molecule has 25 heavy (non-hydrogen) atoms. The number of rotatable bonds is 4. The molecule has 1 aromatic carbocycles. The van der Waals surface area contributed by atoms with E-state index in [-0.39, 0.29) is 5.25 Å². The number of imidazole rings is 1. The van der Waals surface area contributed by atoms with Gasteiger partial charge in [-0.2, -0.15) is 0 Å². The molecule has 2 aliphatic rings. The van der Waals surface area contributed by atoms with Gasteiger partial charge < -0.3 is 4.57 Å². The van der Waals surface area contributed by atoms with Crippen LogP contribution in [-0.2, 0) is 23.0 Å². The number of hydrogen-bond donors (Lipinski definition) is 1. The molecule has 0 amide bonds. The predicted octanol–water partition coefficient (Wildman–Crippen LogP) is 3.96. The maximum Gasteiger partial charge on any atom is 0.235 e. The summed E-state index contributed by atoms with van der Waals surface area (Å²) in [6.45, 7) is 0.998. The number of nitrogens with one attached hydrogen (secondary N) is 1. The normalized spacial score (nSPS) is 18.7. The lowest BCUT2D eigenvalue weighted by atomic mass is 10.0. The van der Waals surface area contributed by atoms with Crippen molar-refractivity contribution in [3.05, 3.63) is 36.3 Å². The van der Waals surface area contributed by atoms with E-state index in [9.17, 15) is 8.42 Å². The Morgan fingerprint density at radius 3 is 2.64 bits per heavy atom. The lowest BCUT2D eigenvalue weighted by Gasteiger charge is -2.23. The second-order valence-corrected chi connectivity index (χ2v) is 9.11. The summed E-state index contributed by atoms with van der Waals surface area (Å²) in [4.78, 5) is 4.75. The summed E-state index contributed by atoms with van der Waals surface area (Å²) in [7, 11) is -3.35. The third kappa shape index (κ3) is 3.45. The number of aromatic nitrogens is 2. The Balaban J connectivity index is 1.64. The number of sulfonamides is 1. The van der Waals surface area contributed by atoms with Gasteiger partial charge in [-0.25, -0.2) is 13.4 Å². The molecule has 1 fully saturated rings. The van der Waals surface area contributed by atoms with Gasteiger partial charge in [-0.1, -0.05) is 37.5 Å². The lowest BCUT2D eigenvalue weighted by Crippen LogP contribution is -2.29. The second-order valence-electron chi connectivity index (χ2n) is 7.15. The zero-order valence-corrected chi connectivity index (χ0v) is 15.3. The Kier molecular flexibility index (Phi) is 4.54. The van der Waals surface area contributed by atoms with E-state index in [4.69, 9.17) is 4.98 Å². The number of nitrogens with zero attached hydrogens (tertiary/aromatic N) is 2. The first-order valence-corrected chi connectivity index (χ1v) is 10.9. The van der Waals surface area contributed by atoms with E-state index in [0.29, 0.717) is 5.69 Å². The molecule has 4 rings (SSSR count). The molecule has 1 N–H and O–H groups in total. The Morgan fingerprint density at radius 2 is 1.84 bits per heavy atom. The SMILES string of the molecule is O=S(=O)(Nc1ccccc1-c1cn2c(n1)CCCC2)C1CCCCC1. The lowest BCUT2D eigenvalue weighted by molar-refractivity contribution is 0.486. The number of hydrogen-bond acceptors (Lipinski definition) is 3. The van der Waals surface area contributed by atoms with Crippen molar-refractivity contribution in [1.82, 2.24) is 9.55 Å². The van der Waals surface area contributed by atoms with Crippen LogP contribution < -0.4 is 4.72 Å². The molecule has 0 atom stereocenters. The van der Waals surface area contributed by atoms with Crippen LogP contribution in [0.1, 0.15) is 50.8 Å². The molecular formula is C19H25N3O2S. The minimum atomic E-state index is -3.35. The van der Waals surface area contributed by atoms with Gasteiger partial charge in [0.15, 0.2) is 0 Å². The van der Waals surface area contributed by atoms with Gasteiger partial charge in [0.25, 0.3) is 0 Å². The number of anilines is 1. The van der Waals surface area contributed by atoms with E-state index in [1.165, 1.54) is 12.8 Å². The predicted molar refractivity (Wildman–Crippen MR) is 100 cm³/mol. The summed E-state index contributed by atoms with van der Waals surface area (Å²) >= 11 is 0. The minimum absolute atomic E-state index is 0.274. The Morgan fingerprint density at radius 1 is 1.04 bits per heavy atom. The summed E-state index contributed by atoms with van der Waals surface area (Å²) in [5.74, 6) is 1.10. The van der Waals surface area contributed by atoms with Gasteiger partial charge in [0.1, 0.15) is 5.82 Å². The van der Waals surface area contributed by atoms with Crippen LogP contribution in [0.15, 0.2) is 30.5 Å². The van der Waals surface area contributed by atoms with Crippen molar-refractivity contribution >= 4 is 15.7 Å². The van der Waals surface area contributed by atoms with Crippen LogP contribution in [-0.4, -0.2) is 23.2 Å². The van der Waals surface area contributed by atoms with Crippen molar-refractivity contribution in [3.63, 3.8) is 0 Å². The largest absolute Gasteiger partial charge is 0.334 e. The fraction of sp³-hybridized carbons (Fsp3) is 0.526. The molecule has 6 heteroatoms. The van der Waals surface area contributed by atoms with Crippen molar-refractivity contribution in [2.75, 3.05) is 4.72 Å². The highest BCUT2D eigenvalue weighted by atomic mass is 32.2. The molecule has 1 aliphatic carbocycles. The molecule has 0 saturated heterocycles. The molecule has 2 heterocycles. The molecular weight excluding hydrogens is 334 g/mol. The maximum atomic E-state index is 12.8. The zero-order valence-electron chi connectivity index (χ0n) is 14.4. The van der Waals surface area contributed by atoms with E-state index < -0.39 is 10.0 Å². The molecule has 0 spiro atoms. The van der Waals surface area contributed by atoms with Crippen LogP contribution in [0, 0.1) is 0 Å². The maximum absolute atomic E-state index is 12.8.